The number of benzene rings is 1. The standard InChI is InChI=1S/C11H13F3OS/c1-15-10-7-9(11(12,13)14)5-4-8(10)3-2-6-16/h4-5,7,16H,2-3,6H2,1H3. The Morgan fingerprint density at radius 3 is 2.50 bits per heavy atom. The molecule has 0 aliphatic carbocycles. The van der Waals surface area contributed by atoms with E-state index in [1.165, 1.54) is 13.2 Å². The predicted molar refractivity (Wildman–Crippen MR) is 60.2 cm³/mol. The lowest BCUT2D eigenvalue weighted by Gasteiger charge is -2.12. The molecule has 1 rings (SSSR count). The summed E-state index contributed by atoms with van der Waals surface area (Å²) < 4.78 is 42.2. The van der Waals surface area contributed by atoms with Crippen molar-refractivity contribution in [3.05, 3.63) is 29.3 Å². The van der Waals surface area contributed by atoms with Gasteiger partial charge in [0.05, 0.1) is 12.7 Å². The molecule has 1 aromatic carbocycles. The van der Waals surface area contributed by atoms with Crippen LogP contribution in [-0.4, -0.2) is 12.9 Å². The van der Waals surface area contributed by atoms with Crippen molar-refractivity contribution in [2.75, 3.05) is 12.9 Å². The first-order valence-corrected chi connectivity index (χ1v) is 5.47. The third-order valence-corrected chi connectivity index (χ3v) is 2.53. The first-order chi connectivity index (χ1) is 7.49. The Labute approximate surface area is 98.0 Å². The zero-order valence-corrected chi connectivity index (χ0v) is 9.74. The SMILES string of the molecule is COc1cc(C(F)(F)F)ccc1CCCS. The van der Waals surface area contributed by atoms with E-state index in [9.17, 15) is 13.2 Å². The van der Waals surface area contributed by atoms with Crippen LogP contribution in [0.25, 0.3) is 0 Å². The van der Waals surface area contributed by atoms with E-state index in [0.29, 0.717) is 12.2 Å². The quantitative estimate of drug-likeness (QED) is 0.804. The summed E-state index contributed by atoms with van der Waals surface area (Å²) in [5.74, 6) is 0.987. The summed E-state index contributed by atoms with van der Waals surface area (Å²) in [5.41, 5.74) is 0.100. The summed E-state index contributed by atoms with van der Waals surface area (Å²) in [6.07, 6.45) is -2.84. The molecule has 90 valence electrons. The molecule has 0 saturated heterocycles. The van der Waals surface area contributed by atoms with E-state index < -0.39 is 11.7 Å². The fourth-order valence-electron chi connectivity index (χ4n) is 1.40. The maximum Gasteiger partial charge on any atom is 0.416 e. The van der Waals surface area contributed by atoms with Crippen LogP contribution in [-0.2, 0) is 12.6 Å². The number of halogens is 3. The molecule has 5 heteroatoms. The topological polar surface area (TPSA) is 9.23 Å². The average Bonchev–Trinajstić information content (AvgIpc) is 2.24. The zero-order chi connectivity index (χ0) is 12.2. The molecule has 0 saturated carbocycles. The van der Waals surface area contributed by atoms with Gasteiger partial charge in [0, 0.05) is 0 Å². The van der Waals surface area contributed by atoms with Crippen LogP contribution in [0, 0.1) is 0 Å². The minimum atomic E-state index is -4.32. The molecule has 0 aliphatic rings. The highest BCUT2D eigenvalue weighted by atomic mass is 32.1. The highest BCUT2D eigenvalue weighted by Crippen LogP contribution is 2.33. The Balaban J connectivity index is 2.97. The van der Waals surface area contributed by atoms with Gasteiger partial charge in [-0.3, -0.25) is 0 Å². The van der Waals surface area contributed by atoms with Gasteiger partial charge >= 0.3 is 6.18 Å². The van der Waals surface area contributed by atoms with Crippen molar-refractivity contribution >= 4 is 12.6 Å². The van der Waals surface area contributed by atoms with Gasteiger partial charge in [-0.2, -0.15) is 25.8 Å². The van der Waals surface area contributed by atoms with Gasteiger partial charge in [-0.1, -0.05) is 6.07 Å². The second-order valence-corrected chi connectivity index (χ2v) is 3.80. The summed E-state index contributed by atoms with van der Waals surface area (Å²) >= 11 is 4.06. The van der Waals surface area contributed by atoms with Crippen LogP contribution in [0.1, 0.15) is 17.5 Å². The third kappa shape index (κ3) is 3.33. The maximum atomic E-state index is 12.4. The van der Waals surface area contributed by atoms with E-state index in [-0.39, 0.29) is 5.75 Å². The van der Waals surface area contributed by atoms with E-state index in [1.54, 1.807) is 0 Å². The number of aryl methyl sites for hydroxylation is 1. The van der Waals surface area contributed by atoms with Gasteiger partial charge in [0.1, 0.15) is 5.75 Å². The molecule has 1 aromatic rings. The van der Waals surface area contributed by atoms with Crippen LogP contribution in [0.3, 0.4) is 0 Å². The van der Waals surface area contributed by atoms with Crippen LogP contribution in [0.5, 0.6) is 5.75 Å². The van der Waals surface area contributed by atoms with E-state index in [0.717, 1.165) is 24.1 Å². The molecule has 0 heterocycles. The largest absolute Gasteiger partial charge is 0.496 e. The lowest BCUT2D eigenvalue weighted by molar-refractivity contribution is -0.137. The van der Waals surface area contributed by atoms with Crippen molar-refractivity contribution in [3.8, 4) is 5.75 Å². The molecule has 0 unspecified atom stereocenters. The number of thiol groups is 1. The minimum absolute atomic E-state index is 0.289. The van der Waals surface area contributed by atoms with E-state index in [4.69, 9.17) is 4.74 Å². The lowest BCUT2D eigenvalue weighted by Crippen LogP contribution is -2.06. The van der Waals surface area contributed by atoms with Gasteiger partial charge in [-0.05, 0) is 36.3 Å². The second-order valence-electron chi connectivity index (χ2n) is 3.35. The van der Waals surface area contributed by atoms with Crippen LogP contribution >= 0.6 is 12.6 Å². The van der Waals surface area contributed by atoms with E-state index >= 15 is 0 Å². The van der Waals surface area contributed by atoms with Crippen molar-refractivity contribution < 1.29 is 17.9 Å². The van der Waals surface area contributed by atoms with Gasteiger partial charge in [-0.25, -0.2) is 0 Å². The summed E-state index contributed by atoms with van der Waals surface area (Å²) in [5, 5.41) is 0. The summed E-state index contributed by atoms with van der Waals surface area (Å²) in [6, 6.07) is 3.58. The second kappa shape index (κ2) is 5.48. The first-order valence-electron chi connectivity index (χ1n) is 4.84. The summed E-state index contributed by atoms with van der Waals surface area (Å²) in [4.78, 5) is 0. The average molecular weight is 250 g/mol. The van der Waals surface area contributed by atoms with E-state index in [2.05, 4.69) is 12.6 Å². The third-order valence-electron chi connectivity index (χ3n) is 2.22. The highest BCUT2D eigenvalue weighted by molar-refractivity contribution is 7.80. The maximum absolute atomic E-state index is 12.4. The Morgan fingerprint density at radius 2 is 2.00 bits per heavy atom. The normalized spacial score (nSPS) is 11.6. The fourth-order valence-corrected chi connectivity index (χ4v) is 1.56. The highest BCUT2D eigenvalue weighted by Gasteiger charge is 2.31. The molecule has 0 fully saturated rings. The van der Waals surface area contributed by atoms with Gasteiger partial charge in [-0.15, -0.1) is 0 Å². The number of hydrogen-bond acceptors (Lipinski definition) is 2. The van der Waals surface area contributed by atoms with Gasteiger partial charge in [0.25, 0.3) is 0 Å². The van der Waals surface area contributed by atoms with Crippen LogP contribution < -0.4 is 4.74 Å². The van der Waals surface area contributed by atoms with Crippen molar-refractivity contribution in [2.45, 2.75) is 19.0 Å². The Bertz CT molecular complexity index is 350. The molecule has 0 aromatic heterocycles. The number of alkyl halides is 3. The molecule has 0 amide bonds. The molecule has 0 N–H and O–H groups in total. The molecular weight excluding hydrogens is 237 g/mol. The van der Waals surface area contributed by atoms with Crippen LogP contribution in [0.4, 0.5) is 13.2 Å². The number of hydrogen-bond donors (Lipinski definition) is 1. The minimum Gasteiger partial charge on any atom is -0.496 e. The Kier molecular flexibility index (Phi) is 4.53. The predicted octanol–water partition coefficient (Wildman–Crippen LogP) is 3.58. The molecular formula is C11H13F3OS. The molecule has 16 heavy (non-hydrogen) atoms. The van der Waals surface area contributed by atoms with Crippen LogP contribution in [0.2, 0.25) is 0 Å². The molecule has 0 atom stereocenters. The van der Waals surface area contributed by atoms with Crippen molar-refractivity contribution in [1.29, 1.82) is 0 Å². The van der Waals surface area contributed by atoms with Crippen molar-refractivity contribution in [2.24, 2.45) is 0 Å². The first kappa shape index (κ1) is 13.2. The number of rotatable bonds is 4. The summed E-state index contributed by atoms with van der Waals surface area (Å²) in [6.45, 7) is 0. The van der Waals surface area contributed by atoms with Crippen LogP contribution in [0.15, 0.2) is 18.2 Å². The van der Waals surface area contributed by atoms with E-state index in [1.807, 2.05) is 0 Å². The summed E-state index contributed by atoms with van der Waals surface area (Å²) in [7, 11) is 1.37. The zero-order valence-electron chi connectivity index (χ0n) is 8.84. The molecule has 0 bridgehead atoms. The van der Waals surface area contributed by atoms with Crippen molar-refractivity contribution in [3.63, 3.8) is 0 Å². The number of ether oxygens (including phenoxy) is 1. The molecule has 0 radical (unpaired) electrons. The Hall–Kier alpha value is -0.840. The Morgan fingerprint density at radius 1 is 1.31 bits per heavy atom. The smallest absolute Gasteiger partial charge is 0.416 e. The monoisotopic (exact) mass is 250 g/mol. The lowest BCUT2D eigenvalue weighted by atomic mass is 10.1. The van der Waals surface area contributed by atoms with Gasteiger partial charge in [0.15, 0.2) is 0 Å². The molecule has 0 spiro atoms. The molecule has 0 aliphatic heterocycles. The molecule has 1 nitrogen and oxygen atoms in total. The van der Waals surface area contributed by atoms with Crippen molar-refractivity contribution in [1.82, 2.24) is 0 Å². The van der Waals surface area contributed by atoms with Gasteiger partial charge < -0.3 is 4.74 Å². The van der Waals surface area contributed by atoms with Gasteiger partial charge in [0.2, 0.25) is 0 Å². The fraction of sp³-hybridized carbons (Fsp3) is 0.455. The number of methoxy groups -OCH3 is 1.